The molecule has 2 aromatic heterocycles. The number of hydrogen-bond acceptors (Lipinski definition) is 4. The van der Waals surface area contributed by atoms with E-state index in [-0.39, 0.29) is 0 Å². The third kappa shape index (κ3) is 2.67. The van der Waals surface area contributed by atoms with Crippen molar-refractivity contribution in [2.45, 2.75) is 20.3 Å². The molecule has 4 heteroatoms. The second kappa shape index (κ2) is 5.66. The summed E-state index contributed by atoms with van der Waals surface area (Å²) in [5, 5.41) is 4.24. The zero-order valence-corrected chi connectivity index (χ0v) is 12.6. The monoisotopic (exact) mass is 281 g/mol. The summed E-state index contributed by atoms with van der Waals surface area (Å²) in [5.41, 5.74) is 4.12. The van der Waals surface area contributed by atoms with Crippen molar-refractivity contribution >= 4 is 11.0 Å². The van der Waals surface area contributed by atoms with Gasteiger partial charge in [0.05, 0.1) is 0 Å². The highest BCUT2D eigenvalue weighted by Crippen LogP contribution is 2.26. The highest BCUT2D eigenvalue weighted by Gasteiger charge is 2.13. The molecule has 1 aromatic carbocycles. The van der Waals surface area contributed by atoms with Crippen molar-refractivity contribution in [3.8, 4) is 11.6 Å². The van der Waals surface area contributed by atoms with E-state index < -0.39 is 0 Å². The third-order valence-corrected chi connectivity index (χ3v) is 3.69. The lowest BCUT2D eigenvalue weighted by Crippen LogP contribution is -2.13. The SMILES string of the molecule is CNCCc1c(C)nc(-c2cc3ccccc3o2)nc1C. The summed E-state index contributed by atoms with van der Waals surface area (Å²) in [7, 11) is 1.95. The van der Waals surface area contributed by atoms with E-state index in [1.54, 1.807) is 0 Å². The predicted molar refractivity (Wildman–Crippen MR) is 84.3 cm³/mol. The van der Waals surface area contributed by atoms with Gasteiger partial charge in [-0.25, -0.2) is 9.97 Å². The third-order valence-electron chi connectivity index (χ3n) is 3.69. The predicted octanol–water partition coefficient (Wildman–Crippen LogP) is 3.27. The van der Waals surface area contributed by atoms with Crippen LogP contribution < -0.4 is 5.32 Å². The smallest absolute Gasteiger partial charge is 0.196 e. The Hall–Kier alpha value is -2.20. The molecule has 4 nitrogen and oxygen atoms in total. The second-order valence-electron chi connectivity index (χ2n) is 5.20. The van der Waals surface area contributed by atoms with Crippen molar-refractivity contribution in [1.82, 2.24) is 15.3 Å². The largest absolute Gasteiger partial charge is 0.453 e. The van der Waals surface area contributed by atoms with Crippen LogP contribution in [-0.4, -0.2) is 23.6 Å². The Morgan fingerprint density at radius 3 is 2.48 bits per heavy atom. The van der Waals surface area contributed by atoms with Crippen molar-refractivity contribution in [3.05, 3.63) is 47.3 Å². The number of likely N-dealkylation sites (N-methyl/N-ethyl adjacent to an activating group) is 1. The Morgan fingerprint density at radius 1 is 1.10 bits per heavy atom. The van der Waals surface area contributed by atoms with Crippen LogP contribution in [0.25, 0.3) is 22.6 Å². The molecule has 0 bridgehead atoms. The maximum Gasteiger partial charge on any atom is 0.196 e. The fraction of sp³-hybridized carbons (Fsp3) is 0.294. The van der Waals surface area contributed by atoms with E-state index in [1.165, 1.54) is 5.56 Å². The zero-order chi connectivity index (χ0) is 14.8. The van der Waals surface area contributed by atoms with E-state index in [9.17, 15) is 0 Å². The standard InChI is InChI=1S/C17H19N3O/c1-11-14(8-9-18-3)12(2)20-17(19-11)16-10-13-6-4-5-7-15(13)21-16/h4-7,10,18H,8-9H2,1-3H3. The summed E-state index contributed by atoms with van der Waals surface area (Å²) >= 11 is 0. The number of para-hydroxylation sites is 1. The molecule has 2 heterocycles. The molecule has 0 spiro atoms. The molecule has 0 aliphatic heterocycles. The number of hydrogen-bond donors (Lipinski definition) is 1. The number of furan rings is 1. The van der Waals surface area contributed by atoms with Gasteiger partial charge in [-0.2, -0.15) is 0 Å². The van der Waals surface area contributed by atoms with Gasteiger partial charge in [-0.05, 0) is 51.6 Å². The summed E-state index contributed by atoms with van der Waals surface area (Å²) in [6.07, 6.45) is 0.939. The van der Waals surface area contributed by atoms with Crippen molar-refractivity contribution in [2.24, 2.45) is 0 Å². The van der Waals surface area contributed by atoms with E-state index in [0.717, 1.165) is 41.1 Å². The number of benzene rings is 1. The Labute approximate surface area is 124 Å². The van der Waals surface area contributed by atoms with Gasteiger partial charge in [0.1, 0.15) is 5.58 Å². The van der Waals surface area contributed by atoms with Crippen LogP contribution in [0.1, 0.15) is 17.0 Å². The van der Waals surface area contributed by atoms with Gasteiger partial charge < -0.3 is 9.73 Å². The van der Waals surface area contributed by atoms with E-state index in [0.29, 0.717) is 5.82 Å². The molecular weight excluding hydrogens is 262 g/mol. The topological polar surface area (TPSA) is 51.0 Å². The highest BCUT2D eigenvalue weighted by molar-refractivity contribution is 5.81. The van der Waals surface area contributed by atoms with Crippen molar-refractivity contribution in [1.29, 1.82) is 0 Å². The van der Waals surface area contributed by atoms with Crippen molar-refractivity contribution < 1.29 is 4.42 Å². The molecule has 108 valence electrons. The maximum atomic E-state index is 5.85. The summed E-state index contributed by atoms with van der Waals surface area (Å²) < 4.78 is 5.85. The Bertz CT molecular complexity index is 721. The molecule has 0 radical (unpaired) electrons. The number of aryl methyl sites for hydroxylation is 2. The van der Waals surface area contributed by atoms with Gasteiger partial charge in [0.2, 0.25) is 0 Å². The van der Waals surface area contributed by atoms with E-state index in [4.69, 9.17) is 4.42 Å². The first-order valence-electron chi connectivity index (χ1n) is 7.16. The van der Waals surface area contributed by atoms with Gasteiger partial charge in [0, 0.05) is 16.8 Å². The normalized spacial score (nSPS) is 11.2. The molecule has 1 N–H and O–H groups in total. The summed E-state index contributed by atoms with van der Waals surface area (Å²) in [4.78, 5) is 9.24. The summed E-state index contributed by atoms with van der Waals surface area (Å²) in [5.74, 6) is 1.39. The first kappa shape index (κ1) is 13.8. The van der Waals surface area contributed by atoms with Crippen LogP contribution in [0.5, 0.6) is 0 Å². The van der Waals surface area contributed by atoms with Crippen molar-refractivity contribution in [3.63, 3.8) is 0 Å². The lowest BCUT2D eigenvalue weighted by atomic mass is 10.1. The number of nitrogens with one attached hydrogen (secondary N) is 1. The number of rotatable bonds is 4. The van der Waals surface area contributed by atoms with E-state index >= 15 is 0 Å². The minimum atomic E-state index is 0.661. The molecule has 0 atom stereocenters. The lowest BCUT2D eigenvalue weighted by Gasteiger charge is -2.09. The molecule has 0 aliphatic carbocycles. The molecule has 21 heavy (non-hydrogen) atoms. The molecule has 0 saturated carbocycles. The minimum absolute atomic E-state index is 0.661. The number of fused-ring (bicyclic) bond motifs is 1. The van der Waals surface area contributed by atoms with Gasteiger partial charge in [0.15, 0.2) is 11.6 Å². The Morgan fingerprint density at radius 2 is 1.81 bits per heavy atom. The minimum Gasteiger partial charge on any atom is -0.453 e. The maximum absolute atomic E-state index is 5.85. The number of aromatic nitrogens is 2. The van der Waals surface area contributed by atoms with Crippen LogP contribution in [-0.2, 0) is 6.42 Å². The molecule has 0 saturated heterocycles. The van der Waals surface area contributed by atoms with Gasteiger partial charge in [-0.15, -0.1) is 0 Å². The first-order valence-corrected chi connectivity index (χ1v) is 7.16. The summed E-state index contributed by atoms with van der Waals surface area (Å²) in [6.45, 7) is 4.99. The van der Waals surface area contributed by atoms with Gasteiger partial charge >= 0.3 is 0 Å². The fourth-order valence-corrected chi connectivity index (χ4v) is 2.55. The van der Waals surface area contributed by atoms with E-state index in [2.05, 4.69) is 15.3 Å². The molecule has 0 unspecified atom stereocenters. The molecule has 0 amide bonds. The average molecular weight is 281 g/mol. The molecule has 0 fully saturated rings. The van der Waals surface area contributed by atoms with Crippen LogP contribution in [0.3, 0.4) is 0 Å². The molecular formula is C17H19N3O. The molecule has 3 aromatic rings. The highest BCUT2D eigenvalue weighted by atomic mass is 16.3. The molecule has 0 aliphatic rings. The van der Waals surface area contributed by atoms with Crippen LogP contribution in [0.4, 0.5) is 0 Å². The average Bonchev–Trinajstić information content (AvgIpc) is 2.90. The first-order chi connectivity index (χ1) is 10.2. The van der Waals surface area contributed by atoms with Crippen LogP contribution in [0, 0.1) is 13.8 Å². The summed E-state index contributed by atoms with van der Waals surface area (Å²) in [6, 6.07) is 9.95. The van der Waals surface area contributed by atoms with Gasteiger partial charge in [-0.1, -0.05) is 18.2 Å². The lowest BCUT2D eigenvalue weighted by molar-refractivity contribution is 0.623. The number of nitrogens with zero attached hydrogens (tertiary/aromatic N) is 2. The van der Waals surface area contributed by atoms with Gasteiger partial charge in [-0.3, -0.25) is 0 Å². The Kier molecular flexibility index (Phi) is 3.71. The van der Waals surface area contributed by atoms with Gasteiger partial charge in [0.25, 0.3) is 0 Å². The van der Waals surface area contributed by atoms with E-state index in [1.807, 2.05) is 51.2 Å². The van der Waals surface area contributed by atoms with Crippen LogP contribution in [0.15, 0.2) is 34.7 Å². The Balaban J connectivity index is 2.02. The fourth-order valence-electron chi connectivity index (χ4n) is 2.55. The second-order valence-corrected chi connectivity index (χ2v) is 5.20. The molecule has 3 rings (SSSR count). The van der Waals surface area contributed by atoms with Crippen molar-refractivity contribution in [2.75, 3.05) is 13.6 Å². The van der Waals surface area contributed by atoms with Crippen LogP contribution >= 0.6 is 0 Å². The van der Waals surface area contributed by atoms with Crippen LogP contribution in [0.2, 0.25) is 0 Å². The zero-order valence-electron chi connectivity index (χ0n) is 12.6. The quantitative estimate of drug-likeness (QED) is 0.797.